The molecule has 1 aliphatic heterocycles. The number of rotatable bonds is 2. The lowest BCUT2D eigenvalue weighted by atomic mass is 10.1. The topological polar surface area (TPSA) is 0 Å². The molecule has 0 saturated carbocycles. The van der Waals surface area contributed by atoms with Crippen LogP contribution >= 0.6 is 0 Å². The Kier molecular flexibility index (Phi) is 4.18. The highest BCUT2D eigenvalue weighted by Crippen LogP contribution is 2.28. The Morgan fingerprint density at radius 1 is 1.13 bits per heavy atom. The van der Waals surface area contributed by atoms with E-state index in [0.29, 0.717) is 0 Å². The molecule has 0 aromatic heterocycles. The Morgan fingerprint density at radius 3 is 2.00 bits per heavy atom. The lowest BCUT2D eigenvalue weighted by molar-refractivity contribution is -0.931. The van der Waals surface area contributed by atoms with E-state index in [0.717, 1.165) is 5.92 Å². The minimum absolute atomic E-state index is 0. The maximum atomic E-state index is 2.38. The van der Waals surface area contributed by atoms with Crippen molar-refractivity contribution in [3.8, 4) is 0 Å². The molecule has 0 aliphatic carbocycles. The van der Waals surface area contributed by atoms with E-state index in [4.69, 9.17) is 0 Å². The van der Waals surface area contributed by atoms with Crippen LogP contribution in [0.3, 0.4) is 0 Å². The summed E-state index contributed by atoms with van der Waals surface area (Å²) in [6, 6.07) is 8.87. The van der Waals surface area contributed by atoms with Gasteiger partial charge in [-0.15, -0.1) is 0 Å². The lowest BCUT2D eigenvalue weighted by Crippen LogP contribution is -3.00. The molecule has 0 unspecified atom stereocenters. The monoisotopic (exact) mass is 317 g/mol. The van der Waals surface area contributed by atoms with E-state index in [1.165, 1.54) is 24.1 Å². The third-order valence-electron chi connectivity index (χ3n) is 3.03. The first-order valence-electron chi connectivity index (χ1n) is 5.49. The van der Waals surface area contributed by atoms with Crippen molar-refractivity contribution in [2.75, 3.05) is 13.6 Å². The van der Waals surface area contributed by atoms with E-state index in [1.807, 2.05) is 0 Å². The summed E-state index contributed by atoms with van der Waals surface area (Å²) in [5.41, 5.74) is 3.10. The number of benzene rings is 1. The molecule has 1 aliphatic rings. The van der Waals surface area contributed by atoms with Gasteiger partial charge in [0, 0.05) is 17.0 Å². The summed E-state index contributed by atoms with van der Waals surface area (Å²) in [6.07, 6.45) is 0. The summed E-state index contributed by atoms with van der Waals surface area (Å²) in [4.78, 5) is 0. The Labute approximate surface area is 110 Å². The zero-order valence-corrected chi connectivity index (χ0v) is 12.0. The van der Waals surface area contributed by atoms with Crippen molar-refractivity contribution in [1.82, 2.24) is 0 Å². The molecule has 0 saturated heterocycles. The maximum Gasteiger partial charge on any atom is 0.105 e. The molecule has 0 radical (unpaired) electrons. The normalized spacial score (nSPS) is 17.3. The predicted molar refractivity (Wildman–Crippen MR) is 59.7 cm³/mol. The van der Waals surface area contributed by atoms with Gasteiger partial charge < -0.3 is 28.5 Å². The van der Waals surface area contributed by atoms with Crippen molar-refractivity contribution in [2.24, 2.45) is 5.92 Å². The summed E-state index contributed by atoms with van der Waals surface area (Å²) in [5, 5.41) is 0. The molecular weight excluding hydrogens is 297 g/mol. The maximum absolute atomic E-state index is 2.38. The van der Waals surface area contributed by atoms with Crippen LogP contribution in [-0.2, 0) is 13.1 Å². The average Bonchev–Trinajstić information content (AvgIpc) is 2.38. The van der Waals surface area contributed by atoms with E-state index < -0.39 is 0 Å². The molecule has 1 nitrogen and oxygen atoms in total. The highest BCUT2D eigenvalue weighted by molar-refractivity contribution is 5.27. The molecular formula is C13H20IN. The second kappa shape index (κ2) is 4.83. The Balaban J connectivity index is 0.00000112. The minimum atomic E-state index is 0. The molecule has 2 heteroatoms. The SMILES string of the molecule is CC(C)C[N+]1(C)Cc2ccccc2C1.[I-]. The molecule has 0 fully saturated rings. The van der Waals surface area contributed by atoms with Gasteiger partial charge in [-0.2, -0.15) is 0 Å². The van der Waals surface area contributed by atoms with Crippen LogP contribution in [0.4, 0.5) is 0 Å². The number of hydrogen-bond donors (Lipinski definition) is 0. The highest BCUT2D eigenvalue weighted by atomic mass is 127. The molecule has 0 N–H and O–H groups in total. The number of nitrogens with zero attached hydrogens (tertiary/aromatic N) is 1. The standard InChI is InChI=1S/C13H20N.HI/c1-11(2)8-14(3)9-12-6-4-5-7-13(12)10-14;/h4-7,11H,8-10H2,1-3H3;1H/q+1;/p-1. The molecule has 84 valence electrons. The smallest absolute Gasteiger partial charge is 0.105 e. The molecule has 0 atom stereocenters. The minimum Gasteiger partial charge on any atom is -1.00 e. The van der Waals surface area contributed by atoms with Crippen molar-refractivity contribution in [2.45, 2.75) is 26.9 Å². The molecule has 1 aromatic carbocycles. The van der Waals surface area contributed by atoms with E-state index in [1.54, 1.807) is 11.1 Å². The highest BCUT2D eigenvalue weighted by Gasteiger charge is 2.31. The van der Waals surface area contributed by atoms with Gasteiger partial charge in [0.05, 0.1) is 13.6 Å². The third kappa shape index (κ3) is 2.94. The molecule has 1 aromatic rings. The molecule has 0 amide bonds. The van der Waals surface area contributed by atoms with Crippen LogP contribution in [0, 0.1) is 5.92 Å². The van der Waals surface area contributed by atoms with E-state index >= 15 is 0 Å². The average molecular weight is 317 g/mol. The molecule has 1 heterocycles. The van der Waals surface area contributed by atoms with Crippen LogP contribution in [0.25, 0.3) is 0 Å². The summed E-state index contributed by atoms with van der Waals surface area (Å²) in [5.74, 6) is 0.786. The third-order valence-corrected chi connectivity index (χ3v) is 3.03. The first kappa shape index (κ1) is 13.0. The fourth-order valence-electron chi connectivity index (χ4n) is 2.76. The van der Waals surface area contributed by atoms with E-state index in [-0.39, 0.29) is 24.0 Å². The van der Waals surface area contributed by atoms with Gasteiger partial charge in [0.15, 0.2) is 0 Å². The Bertz CT molecular complexity index is 308. The summed E-state index contributed by atoms with van der Waals surface area (Å²) >= 11 is 0. The van der Waals surface area contributed by atoms with Gasteiger partial charge in [0.25, 0.3) is 0 Å². The molecule has 0 spiro atoms. The van der Waals surface area contributed by atoms with Crippen LogP contribution < -0.4 is 24.0 Å². The van der Waals surface area contributed by atoms with Gasteiger partial charge >= 0.3 is 0 Å². The largest absolute Gasteiger partial charge is 1.00 e. The summed E-state index contributed by atoms with van der Waals surface area (Å²) < 4.78 is 1.19. The zero-order valence-electron chi connectivity index (χ0n) is 9.83. The zero-order chi connectivity index (χ0) is 10.2. The van der Waals surface area contributed by atoms with Crippen LogP contribution in [0.2, 0.25) is 0 Å². The van der Waals surface area contributed by atoms with Crippen molar-refractivity contribution >= 4 is 0 Å². The van der Waals surface area contributed by atoms with Gasteiger partial charge in [-0.05, 0) is 0 Å². The van der Waals surface area contributed by atoms with Crippen LogP contribution in [0.5, 0.6) is 0 Å². The number of halogens is 1. The van der Waals surface area contributed by atoms with E-state index in [9.17, 15) is 0 Å². The second-order valence-corrected chi connectivity index (χ2v) is 5.28. The second-order valence-electron chi connectivity index (χ2n) is 5.28. The quantitative estimate of drug-likeness (QED) is 0.524. The van der Waals surface area contributed by atoms with Gasteiger partial charge in [-0.1, -0.05) is 38.1 Å². The molecule has 0 bridgehead atoms. The van der Waals surface area contributed by atoms with Gasteiger partial charge in [-0.3, -0.25) is 0 Å². The first-order valence-corrected chi connectivity index (χ1v) is 5.49. The van der Waals surface area contributed by atoms with Gasteiger partial charge in [0.2, 0.25) is 0 Å². The molecule has 15 heavy (non-hydrogen) atoms. The Hall–Kier alpha value is -0.0900. The Morgan fingerprint density at radius 2 is 1.60 bits per heavy atom. The van der Waals surface area contributed by atoms with Crippen LogP contribution in [-0.4, -0.2) is 18.1 Å². The predicted octanol–water partition coefficient (Wildman–Crippen LogP) is -0.193. The lowest BCUT2D eigenvalue weighted by Gasteiger charge is -2.31. The van der Waals surface area contributed by atoms with Gasteiger partial charge in [0.1, 0.15) is 13.1 Å². The number of quaternary nitrogens is 1. The fourth-order valence-corrected chi connectivity index (χ4v) is 2.76. The van der Waals surface area contributed by atoms with Crippen molar-refractivity contribution in [1.29, 1.82) is 0 Å². The summed E-state index contributed by atoms with van der Waals surface area (Å²) in [6.45, 7) is 8.34. The number of hydrogen-bond acceptors (Lipinski definition) is 0. The summed E-state index contributed by atoms with van der Waals surface area (Å²) in [7, 11) is 2.38. The van der Waals surface area contributed by atoms with E-state index in [2.05, 4.69) is 45.2 Å². The van der Waals surface area contributed by atoms with Crippen molar-refractivity contribution < 1.29 is 28.5 Å². The van der Waals surface area contributed by atoms with Crippen LogP contribution in [0.1, 0.15) is 25.0 Å². The number of fused-ring (bicyclic) bond motifs is 1. The van der Waals surface area contributed by atoms with Gasteiger partial charge in [-0.25, -0.2) is 0 Å². The van der Waals surface area contributed by atoms with Crippen LogP contribution in [0.15, 0.2) is 24.3 Å². The molecule has 2 rings (SSSR count). The van der Waals surface area contributed by atoms with Crippen molar-refractivity contribution in [3.05, 3.63) is 35.4 Å². The fraction of sp³-hybridized carbons (Fsp3) is 0.538. The first-order chi connectivity index (χ1) is 6.59. The van der Waals surface area contributed by atoms with Crippen molar-refractivity contribution in [3.63, 3.8) is 0 Å².